The molecule has 0 fully saturated rings. The van der Waals surface area contributed by atoms with Crippen LogP contribution in [-0.2, 0) is 10.0 Å². The van der Waals surface area contributed by atoms with Crippen LogP contribution in [0.3, 0.4) is 0 Å². The number of rotatable bonds is 4. The zero-order valence-electron chi connectivity index (χ0n) is 14.1. The molecule has 0 atom stereocenters. The van der Waals surface area contributed by atoms with Gasteiger partial charge in [-0.2, -0.15) is 0 Å². The van der Waals surface area contributed by atoms with E-state index in [0.717, 1.165) is 4.88 Å². The van der Waals surface area contributed by atoms with Crippen LogP contribution in [0.1, 0.15) is 9.75 Å². The van der Waals surface area contributed by atoms with Gasteiger partial charge in [0.05, 0.1) is 17.4 Å². The van der Waals surface area contributed by atoms with Gasteiger partial charge in [0.25, 0.3) is 10.0 Å². The molecule has 4 rings (SSSR count). The zero-order valence-corrected chi connectivity index (χ0v) is 15.7. The van der Waals surface area contributed by atoms with E-state index in [1.807, 2.05) is 6.92 Å². The van der Waals surface area contributed by atoms with E-state index in [4.69, 9.17) is 14.0 Å². The van der Waals surface area contributed by atoms with E-state index >= 15 is 0 Å². The standard InChI is InChI=1S/C17H16N2O5S2/c1-10-16(14-5-6-18-24-14)17(11(2)25-10)26(20,21)19-12-3-4-13-15(9-12)23-8-7-22-13/h3-6,9,19H,7-8H2,1-2H3. The van der Waals surface area contributed by atoms with Crippen molar-refractivity contribution in [3.05, 3.63) is 40.2 Å². The highest BCUT2D eigenvalue weighted by molar-refractivity contribution is 7.93. The molecule has 1 N–H and O–H groups in total. The van der Waals surface area contributed by atoms with E-state index in [-0.39, 0.29) is 4.90 Å². The van der Waals surface area contributed by atoms with Gasteiger partial charge in [0, 0.05) is 21.9 Å². The fourth-order valence-corrected chi connectivity index (χ4v) is 5.85. The Balaban J connectivity index is 1.74. The first-order valence-electron chi connectivity index (χ1n) is 7.89. The summed E-state index contributed by atoms with van der Waals surface area (Å²) in [5.74, 6) is 1.55. The zero-order chi connectivity index (χ0) is 18.3. The fraction of sp³-hybridized carbons (Fsp3) is 0.235. The molecular formula is C17H16N2O5S2. The molecule has 0 spiro atoms. The van der Waals surface area contributed by atoms with Gasteiger partial charge in [-0.25, -0.2) is 8.42 Å². The third kappa shape index (κ3) is 2.93. The molecule has 0 radical (unpaired) electrons. The number of nitrogens with zero attached hydrogens (tertiary/aromatic N) is 1. The smallest absolute Gasteiger partial charge is 0.263 e. The van der Waals surface area contributed by atoms with Crippen LogP contribution in [0.25, 0.3) is 11.3 Å². The van der Waals surface area contributed by atoms with Gasteiger partial charge in [-0.3, -0.25) is 4.72 Å². The SMILES string of the molecule is Cc1sc(C)c(S(=O)(=O)Nc2ccc3c(c2)OCCO3)c1-c1ccno1. The van der Waals surface area contributed by atoms with E-state index in [9.17, 15) is 8.42 Å². The molecule has 3 aromatic rings. The van der Waals surface area contributed by atoms with Crippen LogP contribution < -0.4 is 14.2 Å². The van der Waals surface area contributed by atoms with Crippen LogP contribution in [-0.4, -0.2) is 26.8 Å². The Hall–Kier alpha value is -2.52. The highest BCUT2D eigenvalue weighted by Crippen LogP contribution is 2.40. The van der Waals surface area contributed by atoms with Crippen molar-refractivity contribution in [3.63, 3.8) is 0 Å². The molecule has 26 heavy (non-hydrogen) atoms. The summed E-state index contributed by atoms with van der Waals surface area (Å²) in [5.41, 5.74) is 0.941. The lowest BCUT2D eigenvalue weighted by atomic mass is 10.2. The second kappa shape index (κ2) is 6.33. The van der Waals surface area contributed by atoms with Gasteiger partial charge in [0.1, 0.15) is 18.1 Å². The van der Waals surface area contributed by atoms with Crippen molar-refractivity contribution in [3.8, 4) is 22.8 Å². The topological polar surface area (TPSA) is 90.7 Å². The highest BCUT2D eigenvalue weighted by Gasteiger charge is 2.28. The third-order valence-corrected chi connectivity index (χ3v) is 6.65. The molecule has 136 valence electrons. The number of hydrogen-bond donors (Lipinski definition) is 1. The highest BCUT2D eigenvalue weighted by atomic mass is 32.2. The number of hydrogen-bond acceptors (Lipinski definition) is 7. The second-order valence-corrected chi connectivity index (χ2v) is 8.81. The van der Waals surface area contributed by atoms with Gasteiger partial charge in [-0.15, -0.1) is 11.3 Å². The fourth-order valence-electron chi connectivity index (χ4n) is 2.93. The van der Waals surface area contributed by atoms with Crippen LogP contribution in [0, 0.1) is 13.8 Å². The normalized spacial score (nSPS) is 13.6. The van der Waals surface area contributed by atoms with Crippen LogP contribution in [0.5, 0.6) is 11.5 Å². The van der Waals surface area contributed by atoms with E-state index in [1.165, 1.54) is 17.5 Å². The van der Waals surface area contributed by atoms with Crippen LogP contribution in [0.15, 0.2) is 39.9 Å². The lowest BCUT2D eigenvalue weighted by Crippen LogP contribution is -2.17. The van der Waals surface area contributed by atoms with Crippen molar-refractivity contribution in [2.24, 2.45) is 0 Å². The molecule has 7 nitrogen and oxygen atoms in total. The minimum atomic E-state index is -3.83. The molecule has 0 saturated carbocycles. The number of nitrogens with one attached hydrogen (secondary N) is 1. The van der Waals surface area contributed by atoms with Gasteiger partial charge in [-0.1, -0.05) is 5.16 Å². The number of aryl methyl sites for hydroxylation is 2. The number of benzene rings is 1. The van der Waals surface area contributed by atoms with Crippen molar-refractivity contribution < 1.29 is 22.4 Å². The maximum absolute atomic E-state index is 13.1. The Labute approximate surface area is 154 Å². The van der Waals surface area contributed by atoms with Crippen LogP contribution in [0.2, 0.25) is 0 Å². The number of aromatic nitrogens is 1. The number of thiophene rings is 1. The molecule has 0 saturated heterocycles. The largest absolute Gasteiger partial charge is 0.486 e. The molecule has 0 unspecified atom stereocenters. The average Bonchev–Trinajstić information content (AvgIpc) is 3.21. The second-order valence-electron chi connectivity index (χ2n) is 5.76. The van der Waals surface area contributed by atoms with Gasteiger partial charge in [-0.05, 0) is 26.0 Å². The average molecular weight is 392 g/mol. The predicted octanol–water partition coefficient (Wildman–Crippen LogP) is 3.59. The summed E-state index contributed by atoms with van der Waals surface area (Å²) in [4.78, 5) is 1.73. The molecule has 1 aromatic carbocycles. The van der Waals surface area contributed by atoms with Gasteiger partial charge in [0.15, 0.2) is 17.3 Å². The lowest BCUT2D eigenvalue weighted by molar-refractivity contribution is 0.171. The van der Waals surface area contributed by atoms with Crippen molar-refractivity contribution in [2.75, 3.05) is 17.9 Å². The molecule has 3 heterocycles. The minimum Gasteiger partial charge on any atom is -0.486 e. The maximum atomic E-state index is 13.1. The van der Waals surface area contributed by atoms with Crippen LogP contribution in [0.4, 0.5) is 5.69 Å². The number of ether oxygens (including phenoxy) is 2. The van der Waals surface area contributed by atoms with E-state index in [2.05, 4.69) is 9.88 Å². The van der Waals surface area contributed by atoms with Crippen molar-refractivity contribution in [2.45, 2.75) is 18.7 Å². The quantitative estimate of drug-likeness (QED) is 0.730. The third-order valence-electron chi connectivity index (χ3n) is 3.95. The number of sulfonamides is 1. The molecule has 9 heteroatoms. The Morgan fingerprint density at radius 2 is 1.85 bits per heavy atom. The molecule has 0 aliphatic carbocycles. The summed E-state index contributed by atoms with van der Waals surface area (Å²) in [6, 6.07) is 6.61. The Kier molecular flexibility index (Phi) is 4.12. The minimum absolute atomic E-state index is 0.201. The van der Waals surface area contributed by atoms with Gasteiger partial charge >= 0.3 is 0 Å². The maximum Gasteiger partial charge on any atom is 0.263 e. The summed E-state index contributed by atoms with van der Waals surface area (Å²) >= 11 is 1.40. The Morgan fingerprint density at radius 3 is 2.58 bits per heavy atom. The summed E-state index contributed by atoms with van der Waals surface area (Å²) < 4.78 is 45.0. The molecular weight excluding hydrogens is 376 g/mol. The van der Waals surface area contributed by atoms with Crippen LogP contribution >= 0.6 is 11.3 Å². The van der Waals surface area contributed by atoms with Gasteiger partial charge in [0.2, 0.25) is 0 Å². The summed E-state index contributed by atoms with van der Waals surface area (Å²) in [5, 5.41) is 3.69. The molecule has 0 amide bonds. The summed E-state index contributed by atoms with van der Waals surface area (Å²) in [7, 11) is -3.83. The first-order chi connectivity index (χ1) is 12.5. The monoisotopic (exact) mass is 392 g/mol. The first-order valence-corrected chi connectivity index (χ1v) is 10.2. The number of fused-ring (bicyclic) bond motifs is 1. The Morgan fingerprint density at radius 1 is 1.08 bits per heavy atom. The molecule has 1 aliphatic rings. The molecule has 1 aliphatic heterocycles. The summed E-state index contributed by atoms with van der Waals surface area (Å²) in [6.45, 7) is 4.54. The molecule has 2 aromatic heterocycles. The van der Waals surface area contributed by atoms with Crippen molar-refractivity contribution >= 4 is 27.0 Å². The summed E-state index contributed by atoms with van der Waals surface area (Å²) in [6.07, 6.45) is 1.49. The predicted molar refractivity (Wildman–Crippen MR) is 97.5 cm³/mol. The Bertz CT molecular complexity index is 1060. The lowest BCUT2D eigenvalue weighted by Gasteiger charge is -2.19. The van der Waals surface area contributed by atoms with E-state index in [1.54, 1.807) is 31.2 Å². The van der Waals surface area contributed by atoms with E-state index < -0.39 is 10.0 Å². The van der Waals surface area contributed by atoms with Crippen molar-refractivity contribution in [1.82, 2.24) is 5.16 Å². The number of anilines is 1. The van der Waals surface area contributed by atoms with E-state index in [0.29, 0.717) is 46.6 Å². The first kappa shape index (κ1) is 16.9. The van der Waals surface area contributed by atoms with Gasteiger partial charge < -0.3 is 14.0 Å². The van der Waals surface area contributed by atoms with Crippen molar-refractivity contribution in [1.29, 1.82) is 0 Å². The molecule has 0 bridgehead atoms.